The Morgan fingerprint density at radius 1 is 1.24 bits per heavy atom. The molecule has 2 amide bonds. The van der Waals surface area contributed by atoms with E-state index in [1.54, 1.807) is 24.1 Å². The Kier molecular flexibility index (Phi) is 4.99. The molecule has 8 heteroatoms. The van der Waals surface area contributed by atoms with Gasteiger partial charge in [0.1, 0.15) is 23.5 Å². The highest BCUT2D eigenvalue weighted by Crippen LogP contribution is 2.33. The highest BCUT2D eigenvalue weighted by atomic mass is 16.5. The fourth-order valence-corrected chi connectivity index (χ4v) is 3.30. The van der Waals surface area contributed by atoms with Crippen molar-refractivity contribution in [2.75, 3.05) is 18.5 Å². The maximum Gasteiger partial charge on any atom is 0.269 e. The van der Waals surface area contributed by atoms with Gasteiger partial charge < -0.3 is 19.5 Å². The van der Waals surface area contributed by atoms with E-state index in [0.29, 0.717) is 18.0 Å². The Bertz CT molecular complexity index is 1080. The van der Waals surface area contributed by atoms with Crippen LogP contribution in [0.25, 0.3) is 0 Å². The zero-order valence-electron chi connectivity index (χ0n) is 16.1. The summed E-state index contributed by atoms with van der Waals surface area (Å²) in [5.41, 5.74) is 3.74. The van der Waals surface area contributed by atoms with E-state index < -0.39 is 0 Å². The summed E-state index contributed by atoms with van der Waals surface area (Å²) < 4.78 is 10.8. The molecule has 0 radical (unpaired) electrons. The molecule has 2 aromatic heterocycles. The van der Waals surface area contributed by atoms with Gasteiger partial charge >= 0.3 is 0 Å². The molecule has 0 fully saturated rings. The van der Waals surface area contributed by atoms with Crippen LogP contribution in [0.4, 0.5) is 5.69 Å². The number of aromatic nitrogens is 2. The van der Waals surface area contributed by atoms with Gasteiger partial charge in [-0.1, -0.05) is 5.16 Å². The molecule has 1 aliphatic rings. The molecule has 0 saturated carbocycles. The molecule has 4 rings (SSSR count). The van der Waals surface area contributed by atoms with E-state index >= 15 is 0 Å². The Morgan fingerprint density at radius 3 is 2.83 bits per heavy atom. The number of rotatable bonds is 5. The van der Waals surface area contributed by atoms with Gasteiger partial charge in [0.25, 0.3) is 5.91 Å². The zero-order valence-corrected chi connectivity index (χ0v) is 16.1. The summed E-state index contributed by atoms with van der Waals surface area (Å²) in [5, 5.41) is 6.36. The summed E-state index contributed by atoms with van der Waals surface area (Å²) in [4.78, 5) is 30.3. The van der Waals surface area contributed by atoms with Crippen LogP contribution in [0.5, 0.6) is 11.5 Å². The Hall–Kier alpha value is -3.68. The largest absolute Gasteiger partial charge is 0.457 e. The number of amides is 2. The molecule has 3 heterocycles. The van der Waals surface area contributed by atoms with Crippen molar-refractivity contribution in [3.05, 3.63) is 65.3 Å². The molecule has 0 bridgehead atoms. The number of nitrogens with one attached hydrogen (secondary N) is 1. The molecule has 0 unspecified atom stereocenters. The lowest BCUT2D eigenvalue weighted by molar-refractivity contribution is -0.117. The predicted octanol–water partition coefficient (Wildman–Crippen LogP) is 2.66. The number of pyridine rings is 1. The third-order valence-electron chi connectivity index (χ3n) is 4.87. The summed E-state index contributed by atoms with van der Waals surface area (Å²) in [5.74, 6) is 0.893. The second kappa shape index (κ2) is 7.75. The van der Waals surface area contributed by atoms with Crippen molar-refractivity contribution in [2.24, 2.45) is 0 Å². The molecule has 1 aromatic carbocycles. The van der Waals surface area contributed by atoms with Crippen LogP contribution in [-0.2, 0) is 17.6 Å². The fourth-order valence-electron chi connectivity index (χ4n) is 3.30. The van der Waals surface area contributed by atoms with E-state index in [1.165, 1.54) is 12.5 Å². The van der Waals surface area contributed by atoms with E-state index in [-0.39, 0.29) is 23.9 Å². The van der Waals surface area contributed by atoms with Crippen LogP contribution in [0.3, 0.4) is 0 Å². The van der Waals surface area contributed by atoms with Crippen LogP contribution in [0.2, 0.25) is 0 Å². The van der Waals surface area contributed by atoms with Gasteiger partial charge in [-0.25, -0.2) is 0 Å². The summed E-state index contributed by atoms with van der Waals surface area (Å²) in [6.45, 7) is 2.44. The molecule has 3 aromatic rings. The van der Waals surface area contributed by atoms with Gasteiger partial charge in [0.15, 0.2) is 0 Å². The molecule has 1 N–H and O–H groups in total. The first-order chi connectivity index (χ1) is 14.0. The highest BCUT2D eigenvalue weighted by Gasteiger charge is 2.26. The van der Waals surface area contributed by atoms with Gasteiger partial charge in [0.2, 0.25) is 5.91 Å². The number of hydrogen-bond acceptors (Lipinski definition) is 6. The first-order valence-corrected chi connectivity index (χ1v) is 9.24. The Morgan fingerprint density at radius 2 is 2.07 bits per heavy atom. The number of carbonyl (C=O) groups excluding carboxylic acids is 2. The van der Waals surface area contributed by atoms with Gasteiger partial charge in [0.05, 0.1) is 12.1 Å². The van der Waals surface area contributed by atoms with Gasteiger partial charge in [-0.3, -0.25) is 14.6 Å². The molecular formula is C21H20N4O4. The monoisotopic (exact) mass is 392 g/mol. The van der Waals surface area contributed by atoms with E-state index in [9.17, 15) is 9.59 Å². The molecule has 0 atom stereocenters. The molecule has 1 aliphatic heterocycles. The van der Waals surface area contributed by atoms with Crippen molar-refractivity contribution in [2.45, 2.75) is 19.8 Å². The molecule has 0 spiro atoms. The average Bonchev–Trinajstić information content (AvgIpc) is 3.33. The Labute approximate surface area is 167 Å². The SMILES string of the molecule is CNC(=O)c1cc(Oc2ccc3c(c2)CCN3C(=O)Cc2conc2C)ccn1. The Balaban J connectivity index is 1.49. The third kappa shape index (κ3) is 3.82. The van der Waals surface area contributed by atoms with E-state index in [1.807, 2.05) is 25.1 Å². The number of aryl methyl sites for hydroxylation is 1. The van der Waals surface area contributed by atoms with E-state index in [2.05, 4.69) is 15.5 Å². The summed E-state index contributed by atoms with van der Waals surface area (Å²) >= 11 is 0. The number of anilines is 1. The average molecular weight is 392 g/mol. The highest BCUT2D eigenvalue weighted by molar-refractivity contribution is 5.97. The van der Waals surface area contributed by atoms with Crippen molar-refractivity contribution in [1.29, 1.82) is 0 Å². The smallest absolute Gasteiger partial charge is 0.269 e. The van der Waals surface area contributed by atoms with Crippen molar-refractivity contribution in [1.82, 2.24) is 15.5 Å². The molecule has 0 saturated heterocycles. The molecular weight excluding hydrogens is 372 g/mol. The molecule has 8 nitrogen and oxygen atoms in total. The number of fused-ring (bicyclic) bond motifs is 1. The quantitative estimate of drug-likeness (QED) is 0.717. The number of hydrogen-bond donors (Lipinski definition) is 1. The minimum atomic E-state index is -0.276. The molecule has 148 valence electrons. The predicted molar refractivity (Wildman–Crippen MR) is 105 cm³/mol. The zero-order chi connectivity index (χ0) is 20.4. The maximum absolute atomic E-state index is 12.7. The lowest BCUT2D eigenvalue weighted by Crippen LogP contribution is -2.30. The second-order valence-corrected chi connectivity index (χ2v) is 6.75. The van der Waals surface area contributed by atoms with Crippen molar-refractivity contribution < 1.29 is 18.8 Å². The fraction of sp³-hybridized carbons (Fsp3) is 0.238. The van der Waals surface area contributed by atoms with Crippen LogP contribution in [0.1, 0.15) is 27.3 Å². The summed E-state index contributed by atoms with van der Waals surface area (Å²) in [6, 6.07) is 8.90. The normalized spacial score (nSPS) is 12.6. The van der Waals surface area contributed by atoms with Crippen LogP contribution < -0.4 is 15.0 Å². The maximum atomic E-state index is 12.7. The third-order valence-corrected chi connectivity index (χ3v) is 4.87. The van der Waals surface area contributed by atoms with E-state index in [4.69, 9.17) is 9.26 Å². The van der Waals surface area contributed by atoms with Crippen LogP contribution in [0.15, 0.2) is 47.3 Å². The second-order valence-electron chi connectivity index (χ2n) is 6.75. The number of carbonyl (C=O) groups is 2. The minimum absolute atomic E-state index is 0.00747. The van der Waals surface area contributed by atoms with Gasteiger partial charge in [-0.2, -0.15) is 0 Å². The lowest BCUT2D eigenvalue weighted by atomic mass is 10.1. The number of nitrogens with zero attached hydrogens (tertiary/aromatic N) is 3. The lowest BCUT2D eigenvalue weighted by Gasteiger charge is -2.17. The van der Waals surface area contributed by atoms with Crippen LogP contribution in [0, 0.1) is 6.92 Å². The van der Waals surface area contributed by atoms with Gasteiger partial charge in [-0.15, -0.1) is 0 Å². The van der Waals surface area contributed by atoms with Crippen LogP contribution in [-0.4, -0.2) is 35.5 Å². The molecule has 29 heavy (non-hydrogen) atoms. The summed E-state index contributed by atoms with van der Waals surface area (Å²) in [7, 11) is 1.55. The standard InChI is InChI=1S/C21H20N4O4/c1-13-15(12-28-24-13)10-20(26)25-8-6-14-9-16(3-4-19(14)25)29-17-5-7-23-18(11-17)21(27)22-2/h3-5,7,9,11-12H,6,8,10H2,1-2H3,(H,22,27). The summed E-state index contributed by atoms with van der Waals surface area (Å²) in [6.07, 6.45) is 4.05. The first-order valence-electron chi connectivity index (χ1n) is 9.24. The van der Waals surface area contributed by atoms with Crippen LogP contribution >= 0.6 is 0 Å². The first kappa shape index (κ1) is 18.7. The van der Waals surface area contributed by atoms with Crippen molar-refractivity contribution in [3.8, 4) is 11.5 Å². The van der Waals surface area contributed by atoms with Crippen molar-refractivity contribution in [3.63, 3.8) is 0 Å². The van der Waals surface area contributed by atoms with Crippen molar-refractivity contribution >= 4 is 17.5 Å². The molecule has 0 aliphatic carbocycles. The van der Waals surface area contributed by atoms with E-state index in [0.717, 1.165) is 28.9 Å². The van der Waals surface area contributed by atoms with Gasteiger partial charge in [0, 0.05) is 37.1 Å². The van der Waals surface area contributed by atoms with Gasteiger partial charge in [-0.05, 0) is 43.2 Å². The minimum Gasteiger partial charge on any atom is -0.457 e. The number of benzene rings is 1. The topological polar surface area (TPSA) is 97.6 Å². The number of ether oxygens (including phenoxy) is 1.